The molecule has 10 heavy (non-hydrogen) atoms. The molecule has 3 heteroatoms. The predicted molar refractivity (Wildman–Crippen MR) is 37.1 cm³/mol. The van der Waals surface area contributed by atoms with Crippen LogP contribution in [0.5, 0.6) is 0 Å². The second-order valence-electron chi connectivity index (χ2n) is 1.88. The van der Waals surface area contributed by atoms with Gasteiger partial charge in [0.25, 0.3) is 0 Å². The molecule has 0 aliphatic heterocycles. The summed E-state index contributed by atoms with van der Waals surface area (Å²) in [6.07, 6.45) is 2.10. The van der Waals surface area contributed by atoms with Crippen molar-refractivity contribution in [3.8, 4) is 0 Å². The Morgan fingerprint density at radius 3 is 3.10 bits per heavy atom. The Morgan fingerprint density at radius 2 is 2.50 bits per heavy atom. The maximum atomic E-state index is 9.92. The number of rotatable bonds is 1. The molecule has 1 aromatic heterocycles. The van der Waals surface area contributed by atoms with Crippen molar-refractivity contribution < 1.29 is 5.11 Å². The van der Waals surface area contributed by atoms with Crippen LogP contribution < -0.4 is 5.11 Å². The minimum atomic E-state index is 0.495. The number of hydrogen-bond donors (Lipinski definition) is 0. The predicted octanol–water partition coefficient (Wildman–Crippen LogP) is 0.410. The highest BCUT2D eigenvalue weighted by atomic mass is 16.3. The molecule has 1 heterocycles. The fourth-order valence-electron chi connectivity index (χ4n) is 0.662. The van der Waals surface area contributed by atoms with E-state index in [-0.39, 0.29) is 0 Å². The minimum absolute atomic E-state index is 0.495. The Balaban J connectivity index is 3.03. The molecule has 0 aromatic carbocycles. The van der Waals surface area contributed by atoms with E-state index in [0.717, 1.165) is 5.56 Å². The van der Waals surface area contributed by atoms with Crippen molar-refractivity contribution in [3.05, 3.63) is 23.9 Å². The first-order valence-corrected chi connectivity index (χ1v) is 2.90. The molecule has 3 nitrogen and oxygen atoms in total. The molecular weight excluding hydrogens is 128 g/mol. The lowest BCUT2D eigenvalue weighted by molar-refractivity contribution is -0.200. The highest BCUT2D eigenvalue weighted by molar-refractivity contribution is 5.51. The Hall–Kier alpha value is -1.38. The lowest BCUT2D eigenvalue weighted by atomic mass is 10.3. The summed E-state index contributed by atoms with van der Waals surface area (Å²) in [5.41, 5.74) is 0.912. The minimum Gasteiger partial charge on any atom is -0.864 e. The average Bonchev–Trinajstić information content (AvgIpc) is 1.94. The normalized spacial score (nSPS) is 10.5. The third kappa shape index (κ3) is 1.31. The van der Waals surface area contributed by atoms with Crippen LogP contribution in [0.1, 0.15) is 5.56 Å². The summed E-state index contributed by atoms with van der Waals surface area (Å²) in [6, 6.07) is 3.66. The van der Waals surface area contributed by atoms with Crippen LogP contribution in [-0.4, -0.2) is 11.4 Å². The van der Waals surface area contributed by atoms with E-state index in [1.165, 1.54) is 0 Å². The summed E-state index contributed by atoms with van der Waals surface area (Å²) in [7, 11) is 0. The van der Waals surface area contributed by atoms with E-state index in [9.17, 15) is 5.11 Å². The van der Waals surface area contributed by atoms with Gasteiger partial charge in [-0.15, -0.1) is 0 Å². The molecule has 0 atom stereocenters. The lowest BCUT2D eigenvalue weighted by Crippen LogP contribution is -1.95. The van der Waals surface area contributed by atoms with Gasteiger partial charge in [-0.25, -0.2) is 4.98 Å². The van der Waals surface area contributed by atoms with Crippen molar-refractivity contribution in [2.24, 2.45) is 4.99 Å². The van der Waals surface area contributed by atoms with Gasteiger partial charge in [0.1, 0.15) is 0 Å². The Morgan fingerprint density at radius 1 is 1.70 bits per heavy atom. The van der Waals surface area contributed by atoms with Crippen LogP contribution in [0, 0.1) is 6.92 Å². The third-order valence-corrected chi connectivity index (χ3v) is 1.16. The number of aromatic nitrogens is 1. The maximum absolute atomic E-state index is 9.92. The first-order chi connectivity index (χ1) is 4.84. The molecule has 52 valence electrons. The van der Waals surface area contributed by atoms with Crippen molar-refractivity contribution in [2.75, 3.05) is 0 Å². The van der Waals surface area contributed by atoms with E-state index in [0.29, 0.717) is 12.2 Å². The molecule has 0 unspecified atom stereocenters. The van der Waals surface area contributed by atoms with Gasteiger partial charge in [-0.1, -0.05) is 6.07 Å². The van der Waals surface area contributed by atoms with Crippen LogP contribution >= 0.6 is 0 Å². The molecule has 0 saturated heterocycles. The molecule has 0 N–H and O–H groups in total. The van der Waals surface area contributed by atoms with Gasteiger partial charge in [0.05, 0.1) is 0 Å². The smallest absolute Gasteiger partial charge is 0.153 e. The molecule has 0 aliphatic rings. The van der Waals surface area contributed by atoms with E-state index in [1.807, 2.05) is 13.0 Å². The van der Waals surface area contributed by atoms with Crippen molar-refractivity contribution in [1.82, 2.24) is 4.98 Å². The molecule has 0 radical (unpaired) electrons. The highest BCUT2D eigenvalue weighted by Gasteiger charge is 1.90. The lowest BCUT2D eigenvalue weighted by Gasteiger charge is -1.96. The molecule has 1 rings (SSSR count). The summed E-state index contributed by atoms with van der Waals surface area (Å²) < 4.78 is 0. The van der Waals surface area contributed by atoms with E-state index < -0.39 is 0 Å². The summed E-state index contributed by atoms with van der Waals surface area (Å²) >= 11 is 0. The maximum Gasteiger partial charge on any atom is 0.153 e. The second-order valence-corrected chi connectivity index (χ2v) is 1.88. The molecule has 0 spiro atoms. The second kappa shape index (κ2) is 2.96. The fraction of sp³-hybridized carbons (Fsp3) is 0.143. The van der Waals surface area contributed by atoms with Crippen LogP contribution in [0.2, 0.25) is 0 Å². The van der Waals surface area contributed by atoms with Gasteiger partial charge >= 0.3 is 0 Å². The summed E-state index contributed by atoms with van der Waals surface area (Å²) in [5, 5.41) is 9.92. The van der Waals surface area contributed by atoms with Gasteiger partial charge in [0.2, 0.25) is 0 Å². The molecule has 1 aromatic rings. The standard InChI is InChI=1S/C7H8N2O/c1-6-3-2-4-8-7(6)9-5-10/h2-5H,1H3,(H,8,9,10)/p-1. The van der Waals surface area contributed by atoms with Crippen LogP contribution in [-0.2, 0) is 0 Å². The van der Waals surface area contributed by atoms with Gasteiger partial charge in [-0.2, -0.15) is 0 Å². The number of aryl methyl sites for hydroxylation is 1. The van der Waals surface area contributed by atoms with Crippen LogP contribution in [0.15, 0.2) is 23.3 Å². The van der Waals surface area contributed by atoms with Gasteiger partial charge in [0.15, 0.2) is 5.82 Å². The van der Waals surface area contributed by atoms with Crippen molar-refractivity contribution in [3.63, 3.8) is 0 Å². The molecule has 0 bridgehead atoms. The van der Waals surface area contributed by atoms with Gasteiger partial charge in [-0.3, -0.25) is 4.99 Å². The summed E-state index contributed by atoms with van der Waals surface area (Å²) in [5.74, 6) is 0.498. The van der Waals surface area contributed by atoms with Crippen LogP contribution in [0.4, 0.5) is 5.82 Å². The van der Waals surface area contributed by atoms with Crippen LogP contribution in [0.25, 0.3) is 0 Å². The number of aliphatic imine (C=N–C) groups is 1. The van der Waals surface area contributed by atoms with Crippen molar-refractivity contribution >= 4 is 12.2 Å². The highest BCUT2D eigenvalue weighted by Crippen LogP contribution is 2.11. The zero-order valence-corrected chi connectivity index (χ0v) is 5.61. The third-order valence-electron chi connectivity index (χ3n) is 1.16. The quantitative estimate of drug-likeness (QED) is 0.413. The zero-order valence-electron chi connectivity index (χ0n) is 5.61. The average molecular weight is 135 g/mol. The first kappa shape index (κ1) is 6.74. The Kier molecular flexibility index (Phi) is 1.99. The first-order valence-electron chi connectivity index (χ1n) is 2.90. The Bertz CT molecular complexity index is 245. The largest absolute Gasteiger partial charge is 0.864 e. The van der Waals surface area contributed by atoms with Crippen LogP contribution in [0.3, 0.4) is 0 Å². The Labute approximate surface area is 59.1 Å². The van der Waals surface area contributed by atoms with Gasteiger partial charge in [0, 0.05) is 6.20 Å². The topological polar surface area (TPSA) is 48.3 Å². The molecule has 0 amide bonds. The SMILES string of the molecule is Cc1cccnc1/N=C/[O-]. The molecule has 0 aliphatic carbocycles. The molecule has 0 fully saturated rings. The van der Waals surface area contributed by atoms with Gasteiger partial charge < -0.3 is 5.11 Å². The fourth-order valence-corrected chi connectivity index (χ4v) is 0.662. The van der Waals surface area contributed by atoms with E-state index >= 15 is 0 Å². The van der Waals surface area contributed by atoms with Crippen molar-refractivity contribution in [1.29, 1.82) is 0 Å². The van der Waals surface area contributed by atoms with Gasteiger partial charge in [-0.05, 0) is 25.0 Å². The van der Waals surface area contributed by atoms with Crippen molar-refractivity contribution in [2.45, 2.75) is 6.92 Å². The number of pyridine rings is 1. The molecular formula is C7H7N2O-. The number of nitrogens with zero attached hydrogens (tertiary/aromatic N) is 2. The summed E-state index contributed by atoms with van der Waals surface area (Å²) in [4.78, 5) is 7.38. The molecule has 0 saturated carbocycles. The van der Waals surface area contributed by atoms with E-state index in [4.69, 9.17) is 0 Å². The zero-order chi connectivity index (χ0) is 7.40. The van der Waals surface area contributed by atoms with E-state index in [2.05, 4.69) is 9.98 Å². The van der Waals surface area contributed by atoms with E-state index in [1.54, 1.807) is 12.3 Å². The monoisotopic (exact) mass is 135 g/mol. The summed E-state index contributed by atoms with van der Waals surface area (Å²) in [6.45, 7) is 1.86. The number of hydrogen-bond acceptors (Lipinski definition) is 3.